The first-order chi connectivity index (χ1) is 16.3. The smallest absolute Gasteiger partial charge is 0.406 e. The zero-order chi connectivity index (χ0) is 24.3. The lowest BCUT2D eigenvalue weighted by atomic mass is 9.97. The van der Waals surface area contributed by atoms with Gasteiger partial charge in [0.05, 0.1) is 0 Å². The van der Waals surface area contributed by atoms with Crippen LogP contribution in [0.4, 0.5) is 13.2 Å². The third-order valence-electron chi connectivity index (χ3n) is 6.65. The number of rotatable bonds is 8. The van der Waals surface area contributed by atoms with Gasteiger partial charge in [0.1, 0.15) is 5.75 Å². The molecule has 4 N–H and O–H groups in total. The number of alkyl halides is 3. The number of nitrogens with zero attached hydrogens (tertiary/aromatic N) is 2. The van der Waals surface area contributed by atoms with E-state index in [0.717, 1.165) is 60.5 Å². The summed E-state index contributed by atoms with van der Waals surface area (Å²) in [7, 11) is 0. The Hall–Kier alpha value is -1.97. The Kier molecular flexibility index (Phi) is 10.9. The normalized spacial score (nSPS) is 14.9. The van der Waals surface area contributed by atoms with Crippen LogP contribution in [0.1, 0.15) is 37.3 Å². The number of halogens is 5. The summed E-state index contributed by atoms with van der Waals surface area (Å²) in [5.41, 5.74) is 16.4. The minimum atomic E-state index is -4.74. The first-order valence-electron chi connectivity index (χ1n) is 11.9. The van der Waals surface area contributed by atoms with Gasteiger partial charge in [0, 0.05) is 42.3 Å². The maximum Gasteiger partial charge on any atom is 0.573 e. The molecule has 4 rings (SSSR count). The number of fused-ring (bicyclic) bond motifs is 1. The van der Waals surface area contributed by atoms with Crippen LogP contribution in [0.3, 0.4) is 0 Å². The molecule has 200 valence electrons. The van der Waals surface area contributed by atoms with E-state index >= 15 is 0 Å². The monoisotopic (exact) mass is 546 g/mol. The SMILES string of the molecule is CC1CCN(Cc2ccc3c(c2)c(-c2ccc(OC(F)(F)F)cc2CN)cn3CCCN)CC1.Cl.Cl. The number of nitrogens with two attached hydrogens (primary N) is 2. The fourth-order valence-electron chi connectivity index (χ4n) is 4.78. The van der Waals surface area contributed by atoms with Gasteiger partial charge in [-0.15, -0.1) is 38.0 Å². The Balaban J connectivity index is 0.00000228. The van der Waals surface area contributed by atoms with Gasteiger partial charge >= 0.3 is 6.36 Å². The third kappa shape index (κ3) is 7.29. The lowest BCUT2D eigenvalue weighted by Gasteiger charge is -2.30. The van der Waals surface area contributed by atoms with Crippen molar-refractivity contribution in [2.45, 2.75) is 52.2 Å². The number of hydrogen-bond donors (Lipinski definition) is 2. The molecule has 1 aliphatic heterocycles. The molecule has 0 unspecified atom stereocenters. The van der Waals surface area contributed by atoms with E-state index in [9.17, 15) is 13.2 Å². The molecule has 5 nitrogen and oxygen atoms in total. The van der Waals surface area contributed by atoms with Crippen LogP contribution in [0.15, 0.2) is 42.6 Å². The topological polar surface area (TPSA) is 69.4 Å². The molecule has 2 aromatic carbocycles. The lowest BCUT2D eigenvalue weighted by Crippen LogP contribution is -2.32. The van der Waals surface area contributed by atoms with Crippen LogP contribution in [-0.2, 0) is 19.6 Å². The highest BCUT2D eigenvalue weighted by molar-refractivity contribution is 5.97. The highest BCUT2D eigenvalue weighted by atomic mass is 35.5. The molecule has 0 spiro atoms. The molecule has 1 aliphatic rings. The lowest BCUT2D eigenvalue weighted by molar-refractivity contribution is -0.274. The van der Waals surface area contributed by atoms with Crippen LogP contribution in [0, 0.1) is 5.92 Å². The van der Waals surface area contributed by atoms with Gasteiger partial charge in [-0.1, -0.05) is 19.1 Å². The zero-order valence-corrected chi connectivity index (χ0v) is 22.0. The molecule has 3 aromatic rings. The maximum atomic E-state index is 12.7. The minimum Gasteiger partial charge on any atom is -0.406 e. The van der Waals surface area contributed by atoms with E-state index in [1.165, 1.54) is 30.5 Å². The zero-order valence-electron chi connectivity index (χ0n) is 20.4. The number of benzene rings is 2. The summed E-state index contributed by atoms with van der Waals surface area (Å²) in [4.78, 5) is 2.49. The second-order valence-corrected chi connectivity index (χ2v) is 9.26. The van der Waals surface area contributed by atoms with Gasteiger partial charge in [0.2, 0.25) is 0 Å². The van der Waals surface area contributed by atoms with E-state index in [4.69, 9.17) is 11.5 Å². The van der Waals surface area contributed by atoms with E-state index in [1.807, 2.05) is 0 Å². The summed E-state index contributed by atoms with van der Waals surface area (Å²) >= 11 is 0. The highest BCUT2D eigenvalue weighted by Gasteiger charge is 2.31. The molecular weight excluding hydrogens is 512 g/mol. The van der Waals surface area contributed by atoms with Crippen LogP contribution < -0.4 is 16.2 Å². The molecule has 1 aromatic heterocycles. The van der Waals surface area contributed by atoms with Crippen LogP contribution in [0.2, 0.25) is 0 Å². The second kappa shape index (κ2) is 13.0. The molecule has 0 bridgehead atoms. The van der Waals surface area contributed by atoms with Gasteiger partial charge in [-0.3, -0.25) is 4.90 Å². The van der Waals surface area contributed by atoms with Crippen LogP contribution >= 0.6 is 24.8 Å². The van der Waals surface area contributed by atoms with Crippen molar-refractivity contribution in [3.8, 4) is 16.9 Å². The van der Waals surface area contributed by atoms with Crippen molar-refractivity contribution in [2.24, 2.45) is 17.4 Å². The molecule has 0 amide bonds. The minimum absolute atomic E-state index is 0. The van der Waals surface area contributed by atoms with E-state index in [2.05, 4.69) is 45.5 Å². The van der Waals surface area contributed by atoms with E-state index < -0.39 is 6.36 Å². The summed E-state index contributed by atoms with van der Waals surface area (Å²) in [6.45, 7) is 6.84. The number of piperidine rings is 1. The van der Waals surface area contributed by atoms with Crippen molar-refractivity contribution >= 4 is 35.7 Å². The predicted octanol–water partition coefficient (Wildman–Crippen LogP) is 6.09. The van der Waals surface area contributed by atoms with Crippen molar-refractivity contribution in [1.82, 2.24) is 9.47 Å². The number of aromatic nitrogens is 1. The average Bonchev–Trinajstić information content (AvgIpc) is 3.15. The summed E-state index contributed by atoms with van der Waals surface area (Å²) in [6, 6.07) is 10.9. The Labute approximate surface area is 222 Å². The number of aryl methyl sites for hydroxylation is 1. The molecule has 1 fully saturated rings. The van der Waals surface area contributed by atoms with Crippen LogP contribution in [0.25, 0.3) is 22.0 Å². The number of ether oxygens (including phenoxy) is 1. The summed E-state index contributed by atoms with van der Waals surface area (Å²) in [5.74, 6) is 0.518. The summed E-state index contributed by atoms with van der Waals surface area (Å²) in [5, 5.41) is 1.07. The van der Waals surface area contributed by atoms with Crippen molar-refractivity contribution in [3.05, 3.63) is 53.7 Å². The molecule has 36 heavy (non-hydrogen) atoms. The van der Waals surface area contributed by atoms with Crippen LogP contribution in [0.5, 0.6) is 5.75 Å². The maximum absolute atomic E-state index is 12.7. The first-order valence-corrected chi connectivity index (χ1v) is 11.9. The Morgan fingerprint density at radius 2 is 1.72 bits per heavy atom. The van der Waals surface area contributed by atoms with Gasteiger partial charge in [-0.05, 0) is 85.8 Å². The van der Waals surface area contributed by atoms with Crippen LogP contribution in [-0.4, -0.2) is 35.5 Å². The molecule has 0 aliphatic carbocycles. The Bertz CT molecular complexity index is 1130. The average molecular weight is 547 g/mol. The molecule has 0 atom stereocenters. The summed E-state index contributed by atoms with van der Waals surface area (Å²) in [6.07, 6.45) is 0.585. The largest absolute Gasteiger partial charge is 0.573 e. The van der Waals surface area contributed by atoms with Gasteiger partial charge in [-0.2, -0.15) is 0 Å². The predicted molar refractivity (Wildman–Crippen MR) is 144 cm³/mol. The van der Waals surface area contributed by atoms with Crippen molar-refractivity contribution in [1.29, 1.82) is 0 Å². The molecule has 2 heterocycles. The van der Waals surface area contributed by atoms with Gasteiger partial charge in [-0.25, -0.2) is 0 Å². The molecule has 10 heteroatoms. The number of hydrogen-bond acceptors (Lipinski definition) is 4. The highest BCUT2D eigenvalue weighted by Crippen LogP contribution is 2.36. The first kappa shape index (κ1) is 30.3. The van der Waals surface area contributed by atoms with Crippen molar-refractivity contribution < 1.29 is 17.9 Å². The van der Waals surface area contributed by atoms with Crippen molar-refractivity contribution in [3.63, 3.8) is 0 Å². The van der Waals surface area contributed by atoms with E-state index in [1.54, 1.807) is 6.07 Å². The third-order valence-corrected chi connectivity index (χ3v) is 6.65. The second-order valence-electron chi connectivity index (χ2n) is 9.26. The quantitative estimate of drug-likeness (QED) is 0.358. The fourth-order valence-corrected chi connectivity index (χ4v) is 4.78. The fraction of sp³-hybridized carbons (Fsp3) is 0.462. The molecule has 1 saturated heterocycles. The molecular formula is C26H35Cl2F3N4O. The van der Waals surface area contributed by atoms with E-state index in [-0.39, 0.29) is 37.1 Å². The van der Waals surface area contributed by atoms with Gasteiger partial charge in [0.25, 0.3) is 0 Å². The Morgan fingerprint density at radius 1 is 1.00 bits per heavy atom. The standard InChI is InChI=1S/C26H33F3N4O.2ClH/c1-18-7-11-32(12-8-18)16-19-3-6-25-23(13-19)24(17-33(25)10-2-9-30)22-5-4-21(14-20(22)15-31)34-26(27,28)29;;/h3-6,13-14,17-18H,2,7-12,15-16,30-31H2,1H3;2*1H. The molecule has 0 radical (unpaired) electrons. The number of likely N-dealkylation sites (tertiary alicyclic amines) is 1. The van der Waals surface area contributed by atoms with E-state index in [0.29, 0.717) is 12.1 Å². The Morgan fingerprint density at radius 3 is 2.36 bits per heavy atom. The van der Waals surface area contributed by atoms with Gasteiger partial charge in [0.15, 0.2) is 0 Å². The summed E-state index contributed by atoms with van der Waals surface area (Å²) < 4.78 is 44.4. The van der Waals surface area contributed by atoms with Gasteiger partial charge < -0.3 is 20.8 Å². The van der Waals surface area contributed by atoms with Crippen molar-refractivity contribution in [2.75, 3.05) is 19.6 Å². The molecule has 0 saturated carbocycles.